The quantitative estimate of drug-likeness (QED) is 0.877. The highest BCUT2D eigenvalue weighted by Gasteiger charge is 2.27. The number of carbonyl (C=O) groups is 1. The molecule has 0 bridgehead atoms. The van der Waals surface area contributed by atoms with E-state index in [2.05, 4.69) is 10.3 Å². The minimum Gasteiger partial charge on any atom is -0.359 e. The van der Waals surface area contributed by atoms with E-state index in [4.69, 9.17) is 0 Å². The van der Waals surface area contributed by atoms with Crippen molar-refractivity contribution in [3.05, 3.63) is 46.2 Å². The van der Waals surface area contributed by atoms with Crippen molar-refractivity contribution in [2.75, 3.05) is 18.4 Å². The number of alkyl halides is 2. The fourth-order valence-corrected chi connectivity index (χ4v) is 3.64. The molecule has 0 saturated carbocycles. The number of amides is 1. The molecule has 0 spiro atoms. The number of aromatic nitrogens is 1. The molecule has 0 aliphatic carbocycles. The molecule has 0 atom stereocenters. The van der Waals surface area contributed by atoms with Crippen LogP contribution in [0.5, 0.6) is 0 Å². The number of likely N-dealkylation sites (tertiary alicyclic amines) is 1. The van der Waals surface area contributed by atoms with Gasteiger partial charge in [0.05, 0.1) is 16.8 Å². The number of hydrogen-bond donors (Lipinski definition) is 1. The second kappa shape index (κ2) is 7.43. The Morgan fingerprint density at radius 2 is 2.08 bits per heavy atom. The van der Waals surface area contributed by atoms with Crippen LogP contribution >= 0.6 is 11.3 Å². The maximum Gasteiger partial charge on any atom is 0.266 e. The van der Waals surface area contributed by atoms with Crippen molar-refractivity contribution < 1.29 is 18.0 Å². The van der Waals surface area contributed by atoms with Crippen molar-refractivity contribution in [3.8, 4) is 0 Å². The summed E-state index contributed by atoms with van der Waals surface area (Å²) >= 11 is 1.53. The van der Waals surface area contributed by atoms with Crippen LogP contribution in [0.15, 0.2) is 23.6 Å². The summed E-state index contributed by atoms with van der Waals surface area (Å²) in [5, 5.41) is 6.14. The number of rotatable bonds is 4. The molecule has 1 N–H and O–H groups in total. The van der Waals surface area contributed by atoms with Crippen molar-refractivity contribution in [2.24, 2.45) is 0 Å². The monoisotopic (exact) mass is 369 g/mol. The molecule has 4 nitrogen and oxygen atoms in total. The van der Waals surface area contributed by atoms with Crippen LogP contribution in [0.4, 0.5) is 18.3 Å². The van der Waals surface area contributed by atoms with E-state index < -0.39 is 23.7 Å². The van der Waals surface area contributed by atoms with Gasteiger partial charge in [0.25, 0.3) is 12.3 Å². The first-order valence-electron chi connectivity index (χ1n) is 8.00. The Bertz CT molecular complexity index is 757. The third-order valence-electron chi connectivity index (χ3n) is 4.22. The largest absolute Gasteiger partial charge is 0.359 e. The minimum atomic E-state index is -2.94. The standard InChI is InChI=1S/C17H18F3N3OS/c1-10-9-25-17(21-10)22-11-5-7-23(8-6-11)16(24)13-4-2-3-12(14(13)18)15(19)20/h2-4,9,11,15H,5-8H2,1H3,(H,21,22). The maximum absolute atomic E-state index is 14.1. The van der Waals surface area contributed by atoms with Gasteiger partial charge in [-0.2, -0.15) is 0 Å². The molecule has 2 aromatic rings. The number of benzene rings is 1. The Kier molecular flexibility index (Phi) is 5.27. The lowest BCUT2D eigenvalue weighted by molar-refractivity contribution is 0.0712. The molecule has 3 rings (SSSR count). The van der Waals surface area contributed by atoms with E-state index in [1.165, 1.54) is 28.4 Å². The molecule has 1 fully saturated rings. The van der Waals surface area contributed by atoms with Gasteiger partial charge in [-0.05, 0) is 25.8 Å². The van der Waals surface area contributed by atoms with Crippen LogP contribution in [0.25, 0.3) is 0 Å². The molecule has 8 heteroatoms. The first-order valence-corrected chi connectivity index (χ1v) is 8.88. The van der Waals surface area contributed by atoms with Crippen molar-refractivity contribution in [3.63, 3.8) is 0 Å². The predicted molar refractivity (Wildman–Crippen MR) is 90.8 cm³/mol. The number of hydrogen-bond acceptors (Lipinski definition) is 4. The lowest BCUT2D eigenvalue weighted by atomic mass is 10.0. The molecule has 1 aliphatic rings. The lowest BCUT2D eigenvalue weighted by Gasteiger charge is -2.32. The van der Waals surface area contributed by atoms with Gasteiger partial charge in [0.15, 0.2) is 5.13 Å². The highest BCUT2D eigenvalue weighted by atomic mass is 32.1. The van der Waals surface area contributed by atoms with Crippen LogP contribution < -0.4 is 5.32 Å². The number of aryl methyl sites for hydroxylation is 1. The van der Waals surface area contributed by atoms with Gasteiger partial charge in [0.2, 0.25) is 0 Å². The summed E-state index contributed by atoms with van der Waals surface area (Å²) in [7, 11) is 0. The van der Waals surface area contributed by atoms with Gasteiger partial charge in [0.1, 0.15) is 5.82 Å². The Balaban J connectivity index is 1.63. The van der Waals surface area contributed by atoms with Crippen LogP contribution in [-0.2, 0) is 0 Å². The summed E-state index contributed by atoms with van der Waals surface area (Å²) in [6, 6.07) is 3.73. The molecule has 134 valence electrons. The second-order valence-corrected chi connectivity index (χ2v) is 6.87. The van der Waals surface area contributed by atoms with E-state index in [-0.39, 0.29) is 11.6 Å². The van der Waals surface area contributed by atoms with E-state index in [1.807, 2.05) is 12.3 Å². The summed E-state index contributed by atoms with van der Waals surface area (Å²) in [4.78, 5) is 18.3. The lowest BCUT2D eigenvalue weighted by Crippen LogP contribution is -2.42. The zero-order valence-electron chi connectivity index (χ0n) is 13.6. The van der Waals surface area contributed by atoms with Crippen LogP contribution in [-0.4, -0.2) is 34.9 Å². The van der Waals surface area contributed by atoms with Crippen LogP contribution in [0.2, 0.25) is 0 Å². The highest BCUT2D eigenvalue weighted by molar-refractivity contribution is 7.13. The van der Waals surface area contributed by atoms with Gasteiger partial charge >= 0.3 is 0 Å². The third kappa shape index (κ3) is 3.95. The summed E-state index contributed by atoms with van der Waals surface area (Å²) < 4.78 is 39.7. The Hall–Kier alpha value is -2.09. The highest BCUT2D eigenvalue weighted by Crippen LogP contribution is 2.26. The number of nitrogens with one attached hydrogen (secondary N) is 1. The Labute approximate surface area is 147 Å². The fraction of sp³-hybridized carbons (Fsp3) is 0.412. The number of anilines is 1. The molecule has 0 radical (unpaired) electrons. The molecule has 2 heterocycles. The van der Waals surface area contributed by atoms with Gasteiger partial charge in [-0.25, -0.2) is 18.2 Å². The van der Waals surface area contributed by atoms with Crippen LogP contribution in [0.3, 0.4) is 0 Å². The summed E-state index contributed by atoms with van der Waals surface area (Å²) in [6.45, 7) is 2.81. The number of carbonyl (C=O) groups excluding carboxylic acids is 1. The fourth-order valence-electron chi connectivity index (χ4n) is 2.88. The molecule has 1 aliphatic heterocycles. The zero-order chi connectivity index (χ0) is 18.0. The van der Waals surface area contributed by atoms with Crippen molar-refractivity contribution in [2.45, 2.75) is 32.2 Å². The molecule has 1 aromatic heterocycles. The minimum absolute atomic E-state index is 0.187. The van der Waals surface area contributed by atoms with Crippen LogP contribution in [0, 0.1) is 12.7 Å². The van der Waals surface area contributed by atoms with Crippen molar-refractivity contribution in [1.29, 1.82) is 0 Å². The maximum atomic E-state index is 14.1. The van der Waals surface area contributed by atoms with Gasteiger partial charge in [-0.3, -0.25) is 4.79 Å². The molecule has 0 unspecified atom stereocenters. The summed E-state index contributed by atoms with van der Waals surface area (Å²) in [5.41, 5.74) is -0.0733. The SMILES string of the molecule is Cc1csc(NC2CCN(C(=O)c3cccc(C(F)F)c3F)CC2)n1. The molecule has 1 saturated heterocycles. The number of halogens is 3. The normalized spacial score (nSPS) is 15.6. The van der Waals surface area contributed by atoms with Crippen LogP contribution in [0.1, 0.15) is 40.9 Å². The number of thiazole rings is 1. The number of nitrogens with zero attached hydrogens (tertiary/aromatic N) is 2. The first kappa shape index (κ1) is 17.7. The van der Waals surface area contributed by atoms with Gasteiger partial charge in [-0.1, -0.05) is 12.1 Å². The van der Waals surface area contributed by atoms with E-state index in [0.29, 0.717) is 25.9 Å². The molecular weight excluding hydrogens is 351 g/mol. The molecule has 1 aromatic carbocycles. The predicted octanol–water partition coefficient (Wildman–Crippen LogP) is 4.24. The molecule has 1 amide bonds. The Morgan fingerprint density at radius 3 is 2.68 bits per heavy atom. The summed E-state index contributed by atoms with van der Waals surface area (Å²) in [5.74, 6) is -1.66. The van der Waals surface area contributed by atoms with E-state index in [0.717, 1.165) is 16.9 Å². The van der Waals surface area contributed by atoms with Gasteiger partial charge in [-0.15, -0.1) is 11.3 Å². The topological polar surface area (TPSA) is 45.2 Å². The average molecular weight is 369 g/mol. The Morgan fingerprint density at radius 1 is 1.36 bits per heavy atom. The third-order valence-corrected chi connectivity index (χ3v) is 5.11. The second-order valence-electron chi connectivity index (χ2n) is 6.01. The average Bonchev–Trinajstić information content (AvgIpc) is 3.00. The first-order chi connectivity index (χ1) is 12.0. The van der Waals surface area contributed by atoms with E-state index in [9.17, 15) is 18.0 Å². The number of piperidine rings is 1. The summed E-state index contributed by atoms with van der Waals surface area (Å²) in [6.07, 6.45) is -1.55. The van der Waals surface area contributed by atoms with E-state index >= 15 is 0 Å². The van der Waals surface area contributed by atoms with Gasteiger partial charge in [0, 0.05) is 24.5 Å². The van der Waals surface area contributed by atoms with Crippen molar-refractivity contribution in [1.82, 2.24) is 9.88 Å². The van der Waals surface area contributed by atoms with Crippen molar-refractivity contribution >= 4 is 22.4 Å². The molecule has 25 heavy (non-hydrogen) atoms. The van der Waals surface area contributed by atoms with Gasteiger partial charge < -0.3 is 10.2 Å². The smallest absolute Gasteiger partial charge is 0.266 e. The van der Waals surface area contributed by atoms with E-state index in [1.54, 1.807) is 0 Å². The zero-order valence-corrected chi connectivity index (χ0v) is 14.5. The molecular formula is C17H18F3N3OS.